The summed E-state index contributed by atoms with van der Waals surface area (Å²) < 4.78 is 63.5. The van der Waals surface area contributed by atoms with Gasteiger partial charge in [0.05, 0.1) is 4.90 Å². The first-order valence-electron chi connectivity index (χ1n) is 6.40. The van der Waals surface area contributed by atoms with E-state index >= 15 is 0 Å². The molecule has 0 aliphatic carbocycles. The molecular weight excluding hydrogens is 356 g/mol. The van der Waals surface area contributed by atoms with Gasteiger partial charge in [-0.05, 0) is 41.5 Å². The molecule has 0 aliphatic rings. The predicted octanol–water partition coefficient (Wildman–Crippen LogP) is 1.51. The lowest BCUT2D eigenvalue weighted by Crippen LogP contribution is -2.02. The minimum atomic E-state index is -4.49. The van der Waals surface area contributed by atoms with Crippen molar-refractivity contribution in [2.24, 2.45) is 0 Å². The Morgan fingerprint density at radius 1 is 0.792 bits per heavy atom. The van der Waals surface area contributed by atoms with Crippen molar-refractivity contribution in [3.8, 4) is 0 Å². The summed E-state index contributed by atoms with van der Waals surface area (Å²) in [6, 6.07) is 7.59. The molecule has 6 N–H and O–H groups in total. The van der Waals surface area contributed by atoms with Crippen LogP contribution < -0.4 is 11.5 Å². The number of hydrogen-bond acceptors (Lipinski definition) is 6. The first-order chi connectivity index (χ1) is 11.0. The van der Waals surface area contributed by atoms with Crippen molar-refractivity contribution >= 4 is 43.8 Å². The van der Waals surface area contributed by atoms with Crippen molar-refractivity contribution in [2.75, 3.05) is 11.5 Å². The molecule has 0 saturated heterocycles. The van der Waals surface area contributed by atoms with Gasteiger partial charge < -0.3 is 11.5 Å². The molecule has 0 fully saturated rings. The molecule has 0 unspecified atom stereocenters. The number of anilines is 2. The summed E-state index contributed by atoms with van der Waals surface area (Å²) in [6.45, 7) is 0. The van der Waals surface area contributed by atoms with Gasteiger partial charge in [0.2, 0.25) is 0 Å². The topological polar surface area (TPSA) is 161 Å². The minimum absolute atomic E-state index is 0.0945. The molecule has 0 atom stereocenters. The van der Waals surface area contributed by atoms with Crippen LogP contribution >= 0.6 is 0 Å². The lowest BCUT2D eigenvalue weighted by atomic mass is 10.1. The Morgan fingerprint density at radius 2 is 1.46 bits per heavy atom. The van der Waals surface area contributed by atoms with Crippen LogP contribution in [0.2, 0.25) is 0 Å². The zero-order valence-electron chi connectivity index (χ0n) is 12.1. The number of rotatable bonds is 4. The van der Waals surface area contributed by atoms with E-state index in [1.165, 1.54) is 30.4 Å². The average Bonchev–Trinajstić information content (AvgIpc) is 2.43. The van der Waals surface area contributed by atoms with Crippen LogP contribution in [0.5, 0.6) is 0 Å². The molecule has 0 bridgehead atoms. The zero-order valence-corrected chi connectivity index (χ0v) is 13.8. The lowest BCUT2D eigenvalue weighted by Gasteiger charge is -2.05. The molecule has 8 nitrogen and oxygen atoms in total. The van der Waals surface area contributed by atoms with Crippen LogP contribution in [0, 0.1) is 0 Å². The quantitative estimate of drug-likeness (QED) is 0.358. The summed E-state index contributed by atoms with van der Waals surface area (Å²) in [5.74, 6) is 0. The van der Waals surface area contributed by atoms with Crippen molar-refractivity contribution in [2.45, 2.75) is 9.79 Å². The molecule has 128 valence electrons. The fourth-order valence-corrected chi connectivity index (χ4v) is 3.28. The van der Waals surface area contributed by atoms with Crippen LogP contribution in [0.3, 0.4) is 0 Å². The fraction of sp³-hybridized carbons (Fsp3) is 0. The Balaban J connectivity index is 2.52. The maximum absolute atomic E-state index is 11.4. The third-order valence-electron chi connectivity index (χ3n) is 3.02. The SMILES string of the molecule is Nc1cc(/C=C/c2ccc(N)cc2S(=O)(=O)O)cc(S(=O)(=O)O)c1. The maximum atomic E-state index is 11.4. The van der Waals surface area contributed by atoms with Crippen molar-refractivity contribution in [1.82, 2.24) is 0 Å². The van der Waals surface area contributed by atoms with Crippen molar-refractivity contribution in [3.05, 3.63) is 47.5 Å². The fourth-order valence-electron chi connectivity index (χ4n) is 1.99. The molecule has 0 aromatic heterocycles. The van der Waals surface area contributed by atoms with E-state index in [1.807, 2.05) is 0 Å². The van der Waals surface area contributed by atoms with Gasteiger partial charge in [0.25, 0.3) is 20.2 Å². The molecule has 0 heterocycles. The van der Waals surface area contributed by atoms with E-state index in [0.29, 0.717) is 5.56 Å². The van der Waals surface area contributed by atoms with E-state index in [2.05, 4.69) is 0 Å². The van der Waals surface area contributed by atoms with Crippen LogP contribution in [0.1, 0.15) is 11.1 Å². The van der Waals surface area contributed by atoms with Gasteiger partial charge >= 0.3 is 0 Å². The molecule has 24 heavy (non-hydrogen) atoms. The van der Waals surface area contributed by atoms with Crippen molar-refractivity contribution in [1.29, 1.82) is 0 Å². The second kappa shape index (κ2) is 6.24. The number of benzene rings is 2. The van der Waals surface area contributed by atoms with E-state index in [1.54, 1.807) is 0 Å². The lowest BCUT2D eigenvalue weighted by molar-refractivity contribution is 0.481. The highest BCUT2D eigenvalue weighted by atomic mass is 32.2. The van der Waals surface area contributed by atoms with Gasteiger partial charge in [-0.1, -0.05) is 18.2 Å². The third kappa shape index (κ3) is 4.32. The highest BCUT2D eigenvalue weighted by Crippen LogP contribution is 2.23. The van der Waals surface area contributed by atoms with Crippen LogP contribution in [0.4, 0.5) is 11.4 Å². The Morgan fingerprint density at radius 3 is 2.04 bits per heavy atom. The molecule has 0 spiro atoms. The van der Waals surface area contributed by atoms with Gasteiger partial charge in [-0.2, -0.15) is 16.8 Å². The maximum Gasteiger partial charge on any atom is 0.295 e. The van der Waals surface area contributed by atoms with E-state index in [4.69, 9.17) is 16.0 Å². The molecule has 0 aliphatic heterocycles. The number of nitrogens with two attached hydrogens (primary N) is 2. The van der Waals surface area contributed by atoms with Crippen LogP contribution in [0.25, 0.3) is 12.2 Å². The van der Waals surface area contributed by atoms with E-state index in [9.17, 15) is 21.4 Å². The van der Waals surface area contributed by atoms with Crippen LogP contribution in [-0.2, 0) is 20.2 Å². The smallest absolute Gasteiger partial charge is 0.295 e. The summed E-state index contributed by atoms with van der Waals surface area (Å²) in [7, 11) is -8.93. The normalized spacial score (nSPS) is 12.6. The first-order valence-corrected chi connectivity index (χ1v) is 9.28. The molecule has 2 aromatic rings. The molecule has 0 amide bonds. The zero-order chi connectivity index (χ0) is 18.1. The summed E-state index contributed by atoms with van der Waals surface area (Å²) in [6.07, 6.45) is 2.72. The van der Waals surface area contributed by atoms with Gasteiger partial charge in [-0.25, -0.2) is 0 Å². The first kappa shape index (κ1) is 17.9. The summed E-state index contributed by atoms with van der Waals surface area (Å²) in [5, 5.41) is 0. The van der Waals surface area contributed by atoms with Gasteiger partial charge in [0.15, 0.2) is 0 Å². The summed E-state index contributed by atoms with van der Waals surface area (Å²) >= 11 is 0. The molecular formula is C14H14N2O6S2. The van der Waals surface area contributed by atoms with Gasteiger partial charge in [0.1, 0.15) is 4.90 Å². The Kier molecular flexibility index (Phi) is 4.67. The summed E-state index contributed by atoms with van der Waals surface area (Å²) in [5.41, 5.74) is 11.8. The molecule has 0 radical (unpaired) electrons. The van der Waals surface area contributed by atoms with Crippen molar-refractivity contribution < 1.29 is 25.9 Å². The Hall–Kier alpha value is -2.40. The Labute approximate surface area is 138 Å². The molecule has 2 aromatic carbocycles. The number of nitrogen functional groups attached to an aromatic ring is 2. The van der Waals surface area contributed by atoms with Gasteiger partial charge in [0, 0.05) is 11.4 Å². The van der Waals surface area contributed by atoms with Crippen LogP contribution in [0.15, 0.2) is 46.2 Å². The summed E-state index contributed by atoms with van der Waals surface area (Å²) in [4.78, 5) is -0.785. The van der Waals surface area contributed by atoms with Crippen LogP contribution in [-0.4, -0.2) is 25.9 Å². The second-order valence-corrected chi connectivity index (χ2v) is 7.73. The van der Waals surface area contributed by atoms with E-state index in [0.717, 1.165) is 18.2 Å². The molecule has 0 saturated carbocycles. The standard InChI is InChI=1S/C14H14N2O6S2/c15-11-4-3-10(14(8-11)24(20,21)22)2-1-9-5-12(16)7-13(6-9)23(17,18)19/h1-8H,15-16H2,(H,17,18,19)(H,20,21,22)/b2-1+. The molecule has 2 rings (SSSR count). The predicted molar refractivity (Wildman–Crippen MR) is 90.3 cm³/mol. The Bertz CT molecular complexity index is 1030. The molecule has 10 heteroatoms. The van der Waals surface area contributed by atoms with E-state index in [-0.39, 0.29) is 16.9 Å². The minimum Gasteiger partial charge on any atom is -0.399 e. The van der Waals surface area contributed by atoms with Crippen molar-refractivity contribution in [3.63, 3.8) is 0 Å². The monoisotopic (exact) mass is 370 g/mol. The highest BCUT2D eigenvalue weighted by Gasteiger charge is 2.14. The third-order valence-corrected chi connectivity index (χ3v) is 4.76. The van der Waals surface area contributed by atoms with E-state index < -0.39 is 30.0 Å². The van der Waals surface area contributed by atoms with Gasteiger partial charge in [-0.15, -0.1) is 0 Å². The number of hydrogen-bond donors (Lipinski definition) is 4. The highest BCUT2D eigenvalue weighted by molar-refractivity contribution is 7.86. The van der Waals surface area contributed by atoms with Gasteiger partial charge in [-0.3, -0.25) is 9.11 Å². The average molecular weight is 370 g/mol. The second-order valence-electron chi connectivity index (χ2n) is 4.92. The largest absolute Gasteiger partial charge is 0.399 e.